The summed E-state index contributed by atoms with van der Waals surface area (Å²) in [5.74, 6) is 0.220. The number of nitro benzene ring substituents is 1. The monoisotopic (exact) mass is 947 g/mol. The number of methoxy groups -OCH3 is 1. The number of azo groups is 1. The molecule has 5 rings (SSSR count). The summed E-state index contributed by atoms with van der Waals surface area (Å²) in [5, 5.41) is 35.7. The van der Waals surface area contributed by atoms with Crippen molar-refractivity contribution in [3.63, 3.8) is 0 Å². The Balaban J connectivity index is 0.00000336. The highest BCUT2D eigenvalue weighted by Crippen LogP contribution is 2.50. The molecule has 0 bridgehead atoms. The Morgan fingerprint density at radius 3 is 2.64 bits per heavy atom. The lowest BCUT2D eigenvalue weighted by atomic mass is 9.88. The van der Waals surface area contributed by atoms with E-state index < -0.39 is 48.7 Å². The van der Waals surface area contributed by atoms with Gasteiger partial charge in [-0.15, -0.1) is 10.2 Å². The summed E-state index contributed by atoms with van der Waals surface area (Å²) in [7, 11) is 1.18. The second kappa shape index (κ2) is 24.6. The number of non-ortho nitro benzene ring substituents is 1. The van der Waals surface area contributed by atoms with Crippen LogP contribution in [-0.2, 0) is 18.6 Å². The number of aliphatic hydroxyl groups is 1. The standard InChI is InChI=1S/C45H57N10O9P.CH4O/c1-28(2)54(29(3)4)65(62-20-18-47-9)64-39-24-42(63-31(39)6)52-27-32(43(57)49-44(52)58)13-11-17-48-41(56)14-12-19-53-38-23-40(61-10)37(22-35(38)30(5)25-45(53,7)8)51-50-36-16-15-34(55(59)60)21-33(36)26-46;1-2/h11,13,15-16,21-23,25,27-29,31,39,42H,12,14,17-20,24H2,1-8,10H3,(H,48,56)(H,49,57,58);2H,1H3/b13-11+,51-50?;/t31-,39?,42-,65?;/m1./s1/i6D;2T. The van der Waals surface area contributed by atoms with Gasteiger partial charge in [0.25, 0.3) is 19.8 Å². The number of nitriles is 1. The summed E-state index contributed by atoms with van der Waals surface area (Å²) in [5.41, 5.74) is 1.55. The molecule has 67 heavy (non-hydrogen) atoms. The Labute approximate surface area is 394 Å². The van der Waals surface area contributed by atoms with E-state index in [4.69, 9.17) is 27.9 Å². The van der Waals surface area contributed by atoms with Crippen LogP contribution < -0.4 is 26.2 Å². The van der Waals surface area contributed by atoms with E-state index in [-0.39, 0.29) is 79.9 Å². The summed E-state index contributed by atoms with van der Waals surface area (Å²) in [6.45, 7) is 22.3. The van der Waals surface area contributed by atoms with E-state index in [2.05, 4.69) is 60.0 Å². The minimum absolute atomic E-state index is 0.00958. The Morgan fingerprint density at radius 2 is 2.00 bits per heavy atom. The third kappa shape index (κ3) is 13.7. The first-order chi connectivity index (χ1) is 32.8. The van der Waals surface area contributed by atoms with E-state index in [1.807, 2.05) is 52.8 Å². The number of amides is 1. The molecule has 3 aromatic rings. The Kier molecular flexibility index (Phi) is 18.5. The highest BCUT2D eigenvalue weighted by atomic mass is 31.2. The summed E-state index contributed by atoms with van der Waals surface area (Å²) >= 11 is 0. The van der Waals surface area contributed by atoms with Gasteiger partial charge in [0.15, 0.2) is 0 Å². The van der Waals surface area contributed by atoms with Crippen LogP contribution in [-0.4, -0.2) is 102 Å². The topological polar surface area (TPSA) is 244 Å². The molecule has 2 aromatic carbocycles. The van der Waals surface area contributed by atoms with Gasteiger partial charge in [0.2, 0.25) is 13.9 Å². The quantitative estimate of drug-likeness (QED) is 0.0244. The molecule has 1 fully saturated rings. The zero-order valence-electron chi connectivity index (χ0n) is 41.3. The van der Waals surface area contributed by atoms with E-state index in [0.717, 1.165) is 22.9 Å². The van der Waals surface area contributed by atoms with Crippen molar-refractivity contribution in [2.45, 2.75) is 111 Å². The number of anilines is 1. The summed E-state index contributed by atoms with van der Waals surface area (Å²) in [4.78, 5) is 57.4. The fraction of sp³-hybridized carbons (Fsp3) is 0.500. The van der Waals surface area contributed by atoms with Gasteiger partial charge in [-0.05, 0) is 79.5 Å². The van der Waals surface area contributed by atoms with Crippen molar-refractivity contribution in [2.24, 2.45) is 10.2 Å². The van der Waals surface area contributed by atoms with E-state index in [0.29, 0.717) is 24.4 Å². The van der Waals surface area contributed by atoms with Crippen molar-refractivity contribution in [3.8, 4) is 11.8 Å². The number of ether oxygens (including phenoxy) is 2. The predicted octanol–water partition coefficient (Wildman–Crippen LogP) is 7.93. The number of fused-ring (bicyclic) bond motifs is 1. The molecule has 1 amide bonds. The number of aromatic amines is 1. The van der Waals surface area contributed by atoms with Crippen molar-refractivity contribution in [1.82, 2.24) is 19.5 Å². The molecule has 21 heteroatoms. The average molecular weight is 948 g/mol. The van der Waals surface area contributed by atoms with Crippen LogP contribution in [0.4, 0.5) is 22.7 Å². The second-order valence-electron chi connectivity index (χ2n) is 16.5. The molecule has 360 valence electrons. The number of nitrogens with one attached hydrogen (secondary N) is 2. The van der Waals surface area contributed by atoms with Crippen LogP contribution in [0, 0.1) is 28.0 Å². The summed E-state index contributed by atoms with van der Waals surface area (Å²) in [6, 6.07) is 9.54. The fourth-order valence-corrected chi connectivity index (χ4v) is 9.48. The van der Waals surface area contributed by atoms with Crippen molar-refractivity contribution < 1.29 is 34.7 Å². The lowest BCUT2D eigenvalue weighted by Gasteiger charge is -2.43. The molecule has 3 heterocycles. The third-order valence-corrected chi connectivity index (χ3v) is 12.9. The number of aliphatic hydroxyl groups excluding tert-OH is 1. The molecule has 20 nitrogen and oxygen atoms in total. The Morgan fingerprint density at radius 1 is 1.28 bits per heavy atom. The third-order valence-electron chi connectivity index (χ3n) is 10.7. The van der Waals surface area contributed by atoms with Crippen LogP contribution in [0.25, 0.3) is 16.5 Å². The van der Waals surface area contributed by atoms with Gasteiger partial charge in [-0.25, -0.2) is 16.0 Å². The molecule has 3 N–H and O–H groups in total. The molecule has 2 unspecified atom stereocenters. The average Bonchev–Trinajstić information content (AvgIpc) is 3.70. The number of allylic oxidation sites excluding steroid dienone is 1. The van der Waals surface area contributed by atoms with Crippen LogP contribution in [0.1, 0.15) is 98.9 Å². The summed E-state index contributed by atoms with van der Waals surface area (Å²) < 4.78 is 41.6. The molecule has 0 radical (unpaired) electrons. The van der Waals surface area contributed by atoms with Gasteiger partial charge < -0.3 is 38.7 Å². The van der Waals surface area contributed by atoms with Crippen molar-refractivity contribution in [1.29, 1.82) is 6.69 Å². The fourth-order valence-electron chi connectivity index (χ4n) is 7.73. The van der Waals surface area contributed by atoms with E-state index >= 15 is 0 Å². The first-order valence-electron chi connectivity index (χ1n) is 22.7. The summed E-state index contributed by atoms with van der Waals surface area (Å²) in [6.07, 6.45) is 5.50. The number of nitro groups is 1. The normalized spacial score (nSPS) is 18.4. The number of hydrogen-bond donors (Lipinski definition) is 3. The zero-order valence-corrected chi connectivity index (χ0v) is 40.2. The molecule has 2 aliphatic rings. The SMILES string of the molecule is [2H]C[C@H]1O[C@@H](n2cc(/C=C/CNC(=O)CCCN3c4cc(OC)c(N=Nc5ccc([N+](=O)[O-])cc5C#N)cc4C(C)=CC3(C)C)c(=O)[nH]c2=O)CC1OP(OCC[N+]#[C-])N(C(C)C)C(C)C.[3H]OC. The maximum atomic E-state index is 13.0. The number of hydrogen-bond acceptors (Lipinski definition) is 15. The predicted molar refractivity (Wildman–Crippen MR) is 256 cm³/mol. The van der Waals surface area contributed by atoms with Crippen molar-refractivity contribution in [2.75, 3.05) is 45.4 Å². The van der Waals surface area contributed by atoms with E-state index in [1.165, 1.54) is 43.2 Å². The second-order valence-corrected chi connectivity index (χ2v) is 17.9. The van der Waals surface area contributed by atoms with E-state index in [9.17, 15) is 29.8 Å². The van der Waals surface area contributed by atoms with Gasteiger partial charge in [0.05, 0.1) is 40.9 Å². The molecule has 0 saturated carbocycles. The lowest BCUT2D eigenvalue weighted by Crippen LogP contribution is -2.45. The number of nitrogens with zero attached hydrogens (tertiary/aromatic N) is 8. The number of carbonyl (C=O) groups is 1. The van der Waals surface area contributed by atoms with Crippen molar-refractivity contribution >= 4 is 48.8 Å². The zero-order chi connectivity index (χ0) is 51.0. The lowest BCUT2D eigenvalue weighted by molar-refractivity contribution is -0.384. The van der Waals surface area contributed by atoms with Gasteiger partial charge in [0.1, 0.15) is 36.0 Å². The van der Waals surface area contributed by atoms with Crippen LogP contribution in [0.2, 0.25) is 0 Å². The molecule has 2 aliphatic heterocycles. The minimum atomic E-state index is -1.62. The number of benzene rings is 2. The van der Waals surface area contributed by atoms with Crippen LogP contribution in [0.5, 0.6) is 5.75 Å². The molecule has 1 aromatic heterocycles. The van der Waals surface area contributed by atoms with Gasteiger partial charge in [-0.1, -0.05) is 18.2 Å². The Hall–Kier alpha value is -6.12. The first kappa shape index (κ1) is 50.3. The number of rotatable bonds is 20. The first-order valence-corrected chi connectivity index (χ1v) is 22.7. The van der Waals surface area contributed by atoms with E-state index in [1.54, 1.807) is 6.08 Å². The maximum absolute atomic E-state index is 13.0. The minimum Gasteiger partial charge on any atom is -0.494 e. The molecule has 4 atom stereocenters. The highest BCUT2D eigenvalue weighted by molar-refractivity contribution is 7.44. The van der Waals surface area contributed by atoms with Gasteiger partial charge in [-0.2, -0.15) is 5.26 Å². The van der Waals surface area contributed by atoms with Crippen LogP contribution >= 0.6 is 8.53 Å². The largest absolute Gasteiger partial charge is 0.494 e. The molecular weight excluding hydrogens is 884 g/mol. The molecule has 0 aliphatic carbocycles. The maximum Gasteiger partial charge on any atom is 0.330 e. The smallest absolute Gasteiger partial charge is 0.330 e. The van der Waals surface area contributed by atoms with Crippen LogP contribution in [0.3, 0.4) is 0 Å². The number of H-pyrrole nitrogens is 1. The molecule has 0 spiro atoms. The highest BCUT2D eigenvalue weighted by Gasteiger charge is 2.40. The molecule has 1 saturated heterocycles. The Bertz CT molecular complexity index is 2560. The van der Waals surface area contributed by atoms with Gasteiger partial charge >= 0.3 is 5.69 Å². The molecular formula is C46H61N10O10P. The van der Waals surface area contributed by atoms with Gasteiger partial charge in [-0.3, -0.25) is 29.3 Å². The number of aromatic nitrogens is 2. The van der Waals surface area contributed by atoms with Crippen molar-refractivity contribution in [3.05, 3.63) is 108 Å². The number of carbonyl (C=O) groups excluding carboxylic acids is 1. The van der Waals surface area contributed by atoms with Crippen LogP contribution in [0.15, 0.2) is 68.5 Å². The van der Waals surface area contributed by atoms with Gasteiger partial charge in [0, 0.05) is 82.1 Å².